The van der Waals surface area contributed by atoms with E-state index in [2.05, 4.69) is 11.2 Å². The summed E-state index contributed by atoms with van der Waals surface area (Å²) in [7, 11) is 0. The van der Waals surface area contributed by atoms with E-state index >= 15 is 0 Å². The molecule has 0 aliphatic rings. The second-order valence-corrected chi connectivity index (χ2v) is 3.61. The van der Waals surface area contributed by atoms with E-state index in [-0.39, 0.29) is 5.56 Å². The average molecular weight is 239 g/mol. The fourth-order valence-electron chi connectivity index (χ4n) is 1.63. The molecule has 0 saturated heterocycles. The van der Waals surface area contributed by atoms with Crippen LogP contribution < -0.4 is 0 Å². The van der Waals surface area contributed by atoms with Crippen molar-refractivity contribution in [1.82, 2.24) is 9.78 Å². The van der Waals surface area contributed by atoms with Crippen LogP contribution in [0.3, 0.4) is 0 Å². The molecule has 0 amide bonds. The van der Waals surface area contributed by atoms with Gasteiger partial charge in [0.1, 0.15) is 0 Å². The zero-order valence-corrected chi connectivity index (χ0v) is 8.91. The van der Waals surface area contributed by atoms with Crippen molar-refractivity contribution in [2.24, 2.45) is 0 Å². The van der Waals surface area contributed by atoms with Crippen LogP contribution >= 0.6 is 0 Å². The molecule has 2 rings (SSSR count). The van der Waals surface area contributed by atoms with Crippen LogP contribution in [0.4, 0.5) is 13.2 Å². The molecule has 0 unspecified atom stereocenters. The van der Waals surface area contributed by atoms with E-state index in [0.29, 0.717) is 13.0 Å². The van der Waals surface area contributed by atoms with Gasteiger partial charge >= 0.3 is 6.18 Å². The van der Waals surface area contributed by atoms with Crippen molar-refractivity contribution in [3.05, 3.63) is 53.9 Å². The van der Waals surface area contributed by atoms with Crippen LogP contribution in [0.25, 0.3) is 0 Å². The Morgan fingerprint density at radius 1 is 1.24 bits per heavy atom. The van der Waals surface area contributed by atoms with E-state index in [1.807, 2.05) is 0 Å². The number of benzene rings is 1. The molecule has 0 aliphatic carbocycles. The van der Waals surface area contributed by atoms with Gasteiger partial charge in [0.05, 0.1) is 11.8 Å². The van der Waals surface area contributed by atoms with Crippen LogP contribution in [0.5, 0.6) is 0 Å². The van der Waals surface area contributed by atoms with E-state index in [4.69, 9.17) is 0 Å². The molecule has 0 bridgehead atoms. The summed E-state index contributed by atoms with van der Waals surface area (Å²) in [6.07, 6.45) is -0.913. The minimum atomic E-state index is -4.30. The van der Waals surface area contributed by atoms with Gasteiger partial charge in [0.2, 0.25) is 0 Å². The molecule has 0 atom stereocenters. The number of rotatable bonds is 3. The van der Waals surface area contributed by atoms with Gasteiger partial charge in [-0.25, -0.2) is 0 Å². The summed E-state index contributed by atoms with van der Waals surface area (Å²) >= 11 is 0. The molecule has 2 nitrogen and oxygen atoms in total. The van der Waals surface area contributed by atoms with Crippen molar-refractivity contribution in [2.45, 2.75) is 19.1 Å². The molecule has 17 heavy (non-hydrogen) atoms. The first-order valence-electron chi connectivity index (χ1n) is 5.11. The molecule has 1 radical (unpaired) electrons. The fraction of sp³-hybridized carbons (Fsp3) is 0.250. The normalized spacial score (nSPS) is 11.7. The predicted octanol–water partition coefficient (Wildman–Crippen LogP) is 2.94. The van der Waals surface area contributed by atoms with Gasteiger partial charge in [-0.15, -0.1) is 0 Å². The largest absolute Gasteiger partial charge is 0.416 e. The summed E-state index contributed by atoms with van der Waals surface area (Å²) in [6.45, 7) is 0.413. The monoisotopic (exact) mass is 239 g/mol. The second-order valence-electron chi connectivity index (χ2n) is 3.61. The van der Waals surface area contributed by atoms with Crippen molar-refractivity contribution in [2.75, 3.05) is 0 Å². The third-order valence-corrected chi connectivity index (χ3v) is 2.44. The highest BCUT2D eigenvalue weighted by Crippen LogP contribution is 2.32. The maximum Gasteiger partial charge on any atom is 0.416 e. The highest BCUT2D eigenvalue weighted by Gasteiger charge is 2.32. The number of aromatic nitrogens is 2. The lowest BCUT2D eigenvalue weighted by atomic mass is 10.0. The summed E-state index contributed by atoms with van der Waals surface area (Å²) in [5.74, 6) is 0. The lowest BCUT2D eigenvalue weighted by Gasteiger charge is -2.12. The Hall–Kier alpha value is -1.78. The lowest BCUT2D eigenvalue weighted by molar-refractivity contribution is -0.138. The molecule has 0 spiro atoms. The maximum absolute atomic E-state index is 12.7. The molecule has 0 N–H and O–H groups in total. The fourth-order valence-corrected chi connectivity index (χ4v) is 1.63. The zero-order chi connectivity index (χ0) is 12.3. The first-order valence-corrected chi connectivity index (χ1v) is 5.11. The smallest absolute Gasteiger partial charge is 0.272 e. The van der Waals surface area contributed by atoms with Gasteiger partial charge in [0, 0.05) is 18.8 Å². The molecular weight excluding hydrogens is 229 g/mol. The van der Waals surface area contributed by atoms with Crippen molar-refractivity contribution >= 4 is 0 Å². The Kier molecular flexibility index (Phi) is 3.17. The number of hydrogen-bond donors (Lipinski definition) is 0. The molecule has 1 aromatic heterocycles. The minimum absolute atomic E-state index is 0.288. The molecule has 0 saturated carbocycles. The Morgan fingerprint density at radius 3 is 2.65 bits per heavy atom. The minimum Gasteiger partial charge on any atom is -0.272 e. The van der Waals surface area contributed by atoms with Gasteiger partial charge in [-0.3, -0.25) is 4.68 Å². The SMILES string of the molecule is FC(F)(F)c1ccccc1CCn1c[c]cn1. The van der Waals surface area contributed by atoms with Crippen LogP contribution in [0.15, 0.2) is 36.7 Å². The summed E-state index contributed by atoms with van der Waals surface area (Å²) in [6, 6.07) is 8.35. The highest BCUT2D eigenvalue weighted by atomic mass is 19.4. The molecule has 89 valence electrons. The quantitative estimate of drug-likeness (QED) is 0.805. The van der Waals surface area contributed by atoms with Crippen molar-refractivity contribution < 1.29 is 13.2 Å². The summed E-state index contributed by atoms with van der Waals surface area (Å²) in [4.78, 5) is 0. The molecule has 0 aliphatic heterocycles. The average Bonchev–Trinajstić information content (AvgIpc) is 2.78. The van der Waals surface area contributed by atoms with Gasteiger partial charge in [0.25, 0.3) is 0 Å². The van der Waals surface area contributed by atoms with Gasteiger partial charge in [0.15, 0.2) is 0 Å². The third kappa shape index (κ3) is 2.87. The van der Waals surface area contributed by atoms with Crippen LogP contribution in [0, 0.1) is 6.07 Å². The molecular formula is C12H10F3N2. The number of aryl methyl sites for hydroxylation is 2. The van der Waals surface area contributed by atoms with E-state index in [1.165, 1.54) is 18.3 Å². The van der Waals surface area contributed by atoms with Crippen molar-refractivity contribution in [3.8, 4) is 0 Å². The molecule has 2 aromatic rings. The summed E-state index contributed by atoms with van der Waals surface area (Å²) in [5, 5.41) is 3.90. The van der Waals surface area contributed by atoms with Crippen LogP contribution in [-0.2, 0) is 19.1 Å². The van der Waals surface area contributed by atoms with Crippen LogP contribution in [0.1, 0.15) is 11.1 Å². The van der Waals surface area contributed by atoms with Gasteiger partial charge in [-0.1, -0.05) is 18.2 Å². The topological polar surface area (TPSA) is 17.8 Å². The maximum atomic E-state index is 12.7. The lowest BCUT2D eigenvalue weighted by Crippen LogP contribution is -2.11. The van der Waals surface area contributed by atoms with Gasteiger partial charge < -0.3 is 0 Å². The molecule has 1 heterocycles. The first kappa shape index (κ1) is 11.7. The van der Waals surface area contributed by atoms with E-state index in [1.54, 1.807) is 16.9 Å². The van der Waals surface area contributed by atoms with Gasteiger partial charge in [-0.2, -0.15) is 18.3 Å². The van der Waals surface area contributed by atoms with Crippen molar-refractivity contribution in [3.63, 3.8) is 0 Å². The number of alkyl halides is 3. The molecule has 5 heteroatoms. The van der Waals surface area contributed by atoms with E-state index < -0.39 is 11.7 Å². The van der Waals surface area contributed by atoms with E-state index in [0.717, 1.165) is 6.07 Å². The van der Waals surface area contributed by atoms with E-state index in [9.17, 15) is 13.2 Å². The van der Waals surface area contributed by atoms with Crippen molar-refractivity contribution in [1.29, 1.82) is 0 Å². The Bertz CT molecular complexity index is 475. The Morgan fingerprint density at radius 2 is 2.00 bits per heavy atom. The summed E-state index contributed by atoms with van der Waals surface area (Å²) < 4.78 is 39.6. The number of halogens is 3. The van der Waals surface area contributed by atoms with Gasteiger partial charge in [-0.05, 0) is 18.1 Å². The Balaban J connectivity index is 2.16. The zero-order valence-electron chi connectivity index (χ0n) is 8.91. The molecule has 1 aromatic carbocycles. The van der Waals surface area contributed by atoms with Crippen LogP contribution in [0.2, 0.25) is 0 Å². The highest BCUT2D eigenvalue weighted by molar-refractivity contribution is 5.29. The standard InChI is InChI=1S/C12H10F3N2/c13-12(14,15)11-5-2-1-4-10(11)6-9-17-8-3-7-16-17/h1-2,4-5,7-8H,6,9H2. The first-order chi connectivity index (χ1) is 8.07. The number of nitrogens with zero attached hydrogens (tertiary/aromatic N) is 2. The number of hydrogen-bond acceptors (Lipinski definition) is 1. The Labute approximate surface area is 96.7 Å². The third-order valence-electron chi connectivity index (χ3n) is 2.44. The second kappa shape index (κ2) is 4.61. The predicted molar refractivity (Wildman–Crippen MR) is 56.2 cm³/mol. The summed E-state index contributed by atoms with van der Waals surface area (Å²) in [5.41, 5.74) is -0.286. The molecule has 0 fully saturated rings. The van der Waals surface area contributed by atoms with Crippen LogP contribution in [-0.4, -0.2) is 9.78 Å².